The van der Waals surface area contributed by atoms with Gasteiger partial charge in [-0.2, -0.15) is 5.10 Å². The maximum absolute atomic E-state index is 12.5. The van der Waals surface area contributed by atoms with Gasteiger partial charge < -0.3 is 4.90 Å². The number of carbonyl (C=O) groups is 1. The number of piperidine rings is 1. The van der Waals surface area contributed by atoms with Crippen molar-refractivity contribution in [2.45, 2.75) is 33.1 Å². The molecule has 0 aromatic carbocycles. The molecular formula is C16H21N3OS. The monoisotopic (exact) mass is 303 g/mol. The lowest BCUT2D eigenvalue weighted by Gasteiger charge is -2.26. The summed E-state index contributed by atoms with van der Waals surface area (Å²) in [6.07, 6.45) is 3.50. The molecule has 21 heavy (non-hydrogen) atoms. The zero-order valence-corrected chi connectivity index (χ0v) is 13.7. The minimum atomic E-state index is 0.177. The van der Waals surface area contributed by atoms with E-state index in [0.29, 0.717) is 0 Å². The fraction of sp³-hybridized carbons (Fsp3) is 0.500. The van der Waals surface area contributed by atoms with E-state index in [0.717, 1.165) is 41.4 Å². The van der Waals surface area contributed by atoms with Crippen LogP contribution in [0.25, 0.3) is 10.6 Å². The Hall–Kier alpha value is -1.62. The van der Waals surface area contributed by atoms with Crippen LogP contribution < -0.4 is 0 Å². The summed E-state index contributed by atoms with van der Waals surface area (Å²) in [4.78, 5) is 16.4. The summed E-state index contributed by atoms with van der Waals surface area (Å²) < 4.78 is 1.90. The minimum Gasteiger partial charge on any atom is -0.338 e. The van der Waals surface area contributed by atoms with Crippen LogP contribution in [0.3, 0.4) is 0 Å². The van der Waals surface area contributed by atoms with Crippen molar-refractivity contribution in [3.05, 3.63) is 28.3 Å². The number of carbonyl (C=O) groups excluding carboxylic acids is 1. The molecule has 3 rings (SSSR count). The molecule has 0 aliphatic carbocycles. The average molecular weight is 303 g/mol. The summed E-state index contributed by atoms with van der Waals surface area (Å²) in [5.74, 6) is 0.177. The van der Waals surface area contributed by atoms with E-state index >= 15 is 0 Å². The fourth-order valence-corrected chi connectivity index (χ4v) is 3.80. The minimum absolute atomic E-state index is 0.177. The third-order valence-corrected chi connectivity index (χ3v) is 5.41. The molecule has 1 aliphatic rings. The lowest BCUT2D eigenvalue weighted by molar-refractivity contribution is 0.0729. The zero-order chi connectivity index (χ0) is 15.0. The van der Waals surface area contributed by atoms with E-state index in [9.17, 15) is 4.79 Å². The maximum atomic E-state index is 12.5. The molecule has 4 nitrogen and oxygen atoms in total. The van der Waals surface area contributed by atoms with Crippen molar-refractivity contribution in [1.82, 2.24) is 14.7 Å². The Kier molecular flexibility index (Phi) is 3.85. The number of hydrogen-bond acceptors (Lipinski definition) is 3. The number of aryl methyl sites for hydroxylation is 1. The van der Waals surface area contributed by atoms with Gasteiger partial charge in [0.2, 0.25) is 0 Å². The quantitative estimate of drug-likeness (QED) is 0.853. The first-order valence-corrected chi connectivity index (χ1v) is 8.29. The van der Waals surface area contributed by atoms with Crippen molar-refractivity contribution in [3.8, 4) is 10.6 Å². The van der Waals surface area contributed by atoms with E-state index in [1.165, 1.54) is 17.7 Å². The molecule has 0 N–H and O–H groups in total. The first-order chi connectivity index (χ1) is 10.1. The molecule has 2 aromatic heterocycles. The third-order valence-electron chi connectivity index (χ3n) is 4.33. The first kappa shape index (κ1) is 14.3. The molecule has 1 fully saturated rings. The van der Waals surface area contributed by atoms with Gasteiger partial charge in [-0.25, -0.2) is 0 Å². The van der Waals surface area contributed by atoms with Gasteiger partial charge in [-0.05, 0) is 50.8 Å². The topological polar surface area (TPSA) is 38.1 Å². The summed E-state index contributed by atoms with van der Waals surface area (Å²) in [6.45, 7) is 5.95. The van der Waals surface area contributed by atoms with E-state index in [-0.39, 0.29) is 5.91 Å². The average Bonchev–Trinajstić information content (AvgIpc) is 3.08. The molecule has 1 saturated heterocycles. The molecule has 0 bridgehead atoms. The van der Waals surface area contributed by atoms with Gasteiger partial charge in [-0.3, -0.25) is 9.48 Å². The number of likely N-dealkylation sites (tertiary alicyclic amines) is 1. The predicted molar refractivity (Wildman–Crippen MR) is 85.7 cm³/mol. The molecule has 0 spiro atoms. The van der Waals surface area contributed by atoms with Crippen LogP contribution in [0.5, 0.6) is 0 Å². The smallest absolute Gasteiger partial charge is 0.263 e. The second kappa shape index (κ2) is 5.64. The lowest BCUT2D eigenvalue weighted by Crippen LogP contribution is -2.35. The molecule has 0 atom stereocenters. The highest BCUT2D eigenvalue weighted by atomic mass is 32.1. The van der Waals surface area contributed by atoms with Crippen molar-refractivity contribution in [2.75, 3.05) is 13.1 Å². The Bertz CT molecular complexity index is 665. The van der Waals surface area contributed by atoms with Gasteiger partial charge in [0.25, 0.3) is 5.91 Å². The van der Waals surface area contributed by atoms with Gasteiger partial charge in [0.1, 0.15) is 5.69 Å². The van der Waals surface area contributed by atoms with Crippen molar-refractivity contribution in [3.63, 3.8) is 0 Å². The number of rotatable bonds is 2. The van der Waals surface area contributed by atoms with E-state index < -0.39 is 0 Å². The molecular weight excluding hydrogens is 282 g/mol. The van der Waals surface area contributed by atoms with E-state index in [2.05, 4.69) is 18.9 Å². The Balaban J connectivity index is 1.85. The van der Waals surface area contributed by atoms with Gasteiger partial charge >= 0.3 is 0 Å². The molecule has 2 aromatic rings. The normalized spacial score (nSPS) is 15.5. The summed E-state index contributed by atoms with van der Waals surface area (Å²) >= 11 is 1.56. The van der Waals surface area contributed by atoms with Crippen molar-refractivity contribution < 1.29 is 4.79 Å². The molecule has 3 heterocycles. The van der Waals surface area contributed by atoms with Gasteiger partial charge in [0, 0.05) is 25.8 Å². The van der Waals surface area contributed by atoms with Crippen LogP contribution in [0.4, 0.5) is 0 Å². The van der Waals surface area contributed by atoms with E-state index in [1.54, 1.807) is 11.3 Å². The van der Waals surface area contributed by atoms with Crippen LogP contribution in [0.15, 0.2) is 12.1 Å². The van der Waals surface area contributed by atoms with Gasteiger partial charge in [0.05, 0.1) is 9.75 Å². The Morgan fingerprint density at radius 3 is 2.52 bits per heavy atom. The van der Waals surface area contributed by atoms with Crippen molar-refractivity contribution in [1.29, 1.82) is 0 Å². The standard InChI is InChI=1S/C16H21N3OS/c1-11-12(2)18(3)17-15(11)13-7-8-14(21-13)16(20)19-9-5-4-6-10-19/h7-8H,4-6,9-10H2,1-3H3. The van der Waals surface area contributed by atoms with Crippen LogP contribution in [-0.4, -0.2) is 33.7 Å². The van der Waals surface area contributed by atoms with Gasteiger partial charge in [0.15, 0.2) is 0 Å². The van der Waals surface area contributed by atoms with Crippen molar-refractivity contribution >= 4 is 17.2 Å². The van der Waals surface area contributed by atoms with Crippen LogP contribution in [0, 0.1) is 13.8 Å². The third kappa shape index (κ3) is 2.62. The van der Waals surface area contributed by atoms with Crippen LogP contribution >= 0.6 is 11.3 Å². The molecule has 112 valence electrons. The number of hydrogen-bond donors (Lipinski definition) is 0. The molecule has 5 heteroatoms. The molecule has 1 amide bonds. The van der Waals surface area contributed by atoms with Crippen LogP contribution in [-0.2, 0) is 7.05 Å². The second-order valence-corrected chi connectivity index (χ2v) is 6.78. The Labute approximate surface area is 129 Å². The maximum Gasteiger partial charge on any atom is 0.263 e. The highest BCUT2D eigenvalue weighted by Crippen LogP contribution is 2.31. The number of nitrogens with zero attached hydrogens (tertiary/aromatic N) is 3. The summed E-state index contributed by atoms with van der Waals surface area (Å²) in [7, 11) is 1.96. The SMILES string of the molecule is Cc1c(-c2ccc(C(=O)N3CCCCC3)s2)nn(C)c1C. The summed E-state index contributed by atoms with van der Waals surface area (Å²) in [5, 5.41) is 4.57. The lowest BCUT2D eigenvalue weighted by atomic mass is 10.1. The largest absolute Gasteiger partial charge is 0.338 e. The predicted octanol–water partition coefficient (Wildman–Crippen LogP) is 3.39. The summed E-state index contributed by atoms with van der Waals surface area (Å²) in [6, 6.07) is 3.97. The molecule has 0 unspecified atom stereocenters. The number of thiophene rings is 1. The number of aromatic nitrogens is 2. The van der Waals surface area contributed by atoms with Crippen molar-refractivity contribution in [2.24, 2.45) is 7.05 Å². The molecule has 0 saturated carbocycles. The van der Waals surface area contributed by atoms with E-state index in [4.69, 9.17) is 0 Å². The Morgan fingerprint density at radius 1 is 1.19 bits per heavy atom. The highest BCUT2D eigenvalue weighted by molar-refractivity contribution is 7.17. The summed E-state index contributed by atoms with van der Waals surface area (Å²) in [5.41, 5.74) is 3.36. The highest BCUT2D eigenvalue weighted by Gasteiger charge is 2.21. The zero-order valence-electron chi connectivity index (χ0n) is 12.8. The number of amides is 1. The molecule has 1 aliphatic heterocycles. The Morgan fingerprint density at radius 2 is 1.90 bits per heavy atom. The molecule has 0 radical (unpaired) electrons. The van der Waals surface area contributed by atoms with Gasteiger partial charge in [-0.15, -0.1) is 11.3 Å². The van der Waals surface area contributed by atoms with Crippen LogP contribution in [0.1, 0.15) is 40.2 Å². The van der Waals surface area contributed by atoms with Crippen LogP contribution in [0.2, 0.25) is 0 Å². The second-order valence-electron chi connectivity index (χ2n) is 5.70. The van der Waals surface area contributed by atoms with Gasteiger partial charge in [-0.1, -0.05) is 0 Å². The van der Waals surface area contributed by atoms with E-state index in [1.807, 2.05) is 28.8 Å². The first-order valence-electron chi connectivity index (χ1n) is 7.47. The fourth-order valence-electron chi connectivity index (χ4n) is 2.78.